The van der Waals surface area contributed by atoms with Crippen molar-refractivity contribution in [1.82, 2.24) is 4.90 Å². The Labute approximate surface area is 305 Å². The molecular weight excluding hydrogens is 692 g/mol. The Balaban J connectivity index is 1.36. The fraction of sp³-hybridized carbons (Fsp3) is 0.486. The monoisotopic (exact) mass is 738 g/mol. The summed E-state index contributed by atoms with van der Waals surface area (Å²) >= 11 is 0. The SMILES string of the molecule is CN(C)c1cc(NCc2ccccc2C[C@H]2O[C@@H](CO)[C@@H](O)[C@@H](O)[C@H]2O)c(O)c2c1C[C@H]1C[C@H]3[C@H](N(C)C)C(O)=C(C(N)=O)C(=O)[C@@]3(O)C(O)=C1C2=O. The fourth-order valence-corrected chi connectivity index (χ4v) is 8.52. The molecule has 3 aliphatic carbocycles. The number of allylic oxidation sites excluding steroid dienone is 1. The molecule has 6 rings (SSSR count). The van der Waals surface area contributed by atoms with E-state index in [0.717, 1.165) is 0 Å². The van der Waals surface area contributed by atoms with Gasteiger partial charge in [0.05, 0.1) is 30.0 Å². The van der Waals surface area contributed by atoms with Crippen LogP contribution in [0.1, 0.15) is 33.5 Å². The maximum absolute atomic E-state index is 14.4. The van der Waals surface area contributed by atoms with Crippen molar-refractivity contribution >= 4 is 28.8 Å². The molecule has 9 atom stereocenters. The topological polar surface area (TPSA) is 267 Å². The molecule has 1 saturated heterocycles. The van der Waals surface area contributed by atoms with Gasteiger partial charge < -0.3 is 61.5 Å². The van der Waals surface area contributed by atoms with Crippen molar-refractivity contribution in [2.24, 2.45) is 17.6 Å². The minimum absolute atomic E-state index is 0.0371. The summed E-state index contributed by atoms with van der Waals surface area (Å²) in [4.78, 5) is 43.6. The zero-order valence-electron chi connectivity index (χ0n) is 29.7. The largest absolute Gasteiger partial charge is 0.510 e. The number of Topliss-reactive ketones (excluding diaryl/α,β-unsaturated/α-hetero) is 2. The summed E-state index contributed by atoms with van der Waals surface area (Å²) in [5.74, 6) is -7.34. The Kier molecular flexibility index (Phi) is 10.1. The van der Waals surface area contributed by atoms with E-state index in [1.165, 1.54) is 4.90 Å². The average molecular weight is 739 g/mol. The number of likely N-dealkylation sites (N-methyl/N-ethyl adjacent to an activating group) is 1. The Morgan fingerprint density at radius 3 is 2.25 bits per heavy atom. The first-order valence-corrected chi connectivity index (χ1v) is 17.3. The van der Waals surface area contributed by atoms with Gasteiger partial charge in [0.15, 0.2) is 11.4 Å². The lowest BCUT2D eigenvalue weighted by atomic mass is 9.58. The summed E-state index contributed by atoms with van der Waals surface area (Å²) in [5, 5.41) is 90.2. The number of ether oxygens (including phenoxy) is 1. The van der Waals surface area contributed by atoms with Crippen molar-refractivity contribution in [2.75, 3.05) is 45.0 Å². The fourth-order valence-electron chi connectivity index (χ4n) is 8.52. The summed E-state index contributed by atoms with van der Waals surface area (Å²) in [6.45, 7) is -0.461. The predicted molar refractivity (Wildman–Crippen MR) is 189 cm³/mol. The van der Waals surface area contributed by atoms with E-state index in [-0.39, 0.29) is 42.6 Å². The molecule has 0 spiro atoms. The highest BCUT2D eigenvalue weighted by molar-refractivity contribution is 6.25. The van der Waals surface area contributed by atoms with Crippen molar-refractivity contribution in [3.05, 3.63) is 75.3 Å². The number of nitrogens with two attached hydrogens (primary N) is 1. The zero-order valence-corrected chi connectivity index (χ0v) is 29.7. The Morgan fingerprint density at radius 2 is 1.64 bits per heavy atom. The number of aliphatic hydroxyl groups excluding tert-OH is 6. The van der Waals surface area contributed by atoms with E-state index in [4.69, 9.17) is 10.5 Å². The molecule has 53 heavy (non-hydrogen) atoms. The Bertz CT molecular complexity index is 1910. The Morgan fingerprint density at radius 1 is 1.00 bits per heavy atom. The summed E-state index contributed by atoms with van der Waals surface area (Å²) in [7, 11) is 6.65. The molecule has 4 aliphatic rings. The first-order valence-electron chi connectivity index (χ1n) is 17.3. The van der Waals surface area contributed by atoms with Crippen LogP contribution in [0.15, 0.2) is 53.0 Å². The molecule has 11 N–H and O–H groups in total. The van der Waals surface area contributed by atoms with E-state index < -0.39 is 101 Å². The number of primary amides is 1. The van der Waals surface area contributed by atoms with Crippen LogP contribution in [0.4, 0.5) is 11.4 Å². The number of hydrogen-bond acceptors (Lipinski definition) is 15. The molecule has 0 bridgehead atoms. The van der Waals surface area contributed by atoms with Crippen LogP contribution in [-0.4, -0.2) is 140 Å². The van der Waals surface area contributed by atoms with Crippen LogP contribution in [0.25, 0.3) is 0 Å². The number of rotatable bonds is 9. The standard InChI is InChI=1S/C37H46N4O12/c1-40(2)21-12-20(39-13-16-8-6-5-7-15(16)11-22-29(44)33(48)30(45)23(14-42)53-22)28(43)25-18(21)9-17-10-19-27(41(3)4)32(47)26(36(38)51)35(50)37(19,52)34(49)24(17)31(25)46/h5-8,12,17,19,22-23,27,29-30,33,39,42-45,47-49,52H,9-11,13-14H2,1-4H3,(H2,38,51)/t17-,19-,22+,23-,27-,29-,30+,33-,37-/m0/s1. The molecule has 1 heterocycles. The van der Waals surface area contributed by atoms with Gasteiger partial charge in [-0.3, -0.25) is 19.3 Å². The van der Waals surface area contributed by atoms with Crippen LogP contribution in [0, 0.1) is 11.8 Å². The minimum atomic E-state index is -2.76. The molecule has 0 radical (unpaired) electrons. The number of fused-ring (bicyclic) bond motifs is 3. The molecule has 0 aromatic heterocycles. The lowest BCUT2D eigenvalue weighted by molar-refractivity contribution is -0.228. The third-order valence-corrected chi connectivity index (χ3v) is 11.2. The van der Waals surface area contributed by atoms with Crippen LogP contribution in [-0.2, 0) is 33.7 Å². The van der Waals surface area contributed by atoms with Gasteiger partial charge in [0.1, 0.15) is 47.3 Å². The molecule has 286 valence electrons. The average Bonchev–Trinajstić information content (AvgIpc) is 3.09. The number of hydrogen-bond donors (Lipinski definition) is 10. The summed E-state index contributed by atoms with van der Waals surface area (Å²) in [5.41, 5.74) is 3.97. The number of anilines is 2. The maximum atomic E-state index is 14.4. The van der Waals surface area contributed by atoms with Crippen LogP contribution < -0.4 is 16.0 Å². The number of benzene rings is 2. The van der Waals surface area contributed by atoms with Crippen LogP contribution in [0.3, 0.4) is 0 Å². The number of nitrogens with one attached hydrogen (secondary N) is 1. The third kappa shape index (κ3) is 6.03. The van der Waals surface area contributed by atoms with Crippen LogP contribution in [0.5, 0.6) is 5.75 Å². The number of aromatic hydroxyl groups is 1. The van der Waals surface area contributed by atoms with Gasteiger partial charge >= 0.3 is 0 Å². The number of ketones is 2. The highest BCUT2D eigenvalue weighted by Gasteiger charge is 2.63. The highest BCUT2D eigenvalue weighted by atomic mass is 16.5. The lowest BCUT2D eigenvalue weighted by Gasteiger charge is -2.50. The molecule has 1 fully saturated rings. The number of amides is 1. The van der Waals surface area contributed by atoms with E-state index in [2.05, 4.69) is 5.32 Å². The van der Waals surface area contributed by atoms with Crippen LogP contribution >= 0.6 is 0 Å². The quantitative estimate of drug-likeness (QED) is 0.111. The van der Waals surface area contributed by atoms with Gasteiger partial charge in [-0.05, 0) is 55.6 Å². The van der Waals surface area contributed by atoms with Gasteiger partial charge in [-0.15, -0.1) is 0 Å². The number of phenolic OH excluding ortho intramolecular Hbond substituents is 1. The van der Waals surface area contributed by atoms with Crippen molar-refractivity contribution in [2.45, 2.75) is 68.0 Å². The normalized spacial score (nSPS) is 31.3. The molecule has 16 nitrogen and oxygen atoms in total. The van der Waals surface area contributed by atoms with Crippen LogP contribution in [0.2, 0.25) is 0 Å². The third-order valence-electron chi connectivity index (χ3n) is 11.2. The van der Waals surface area contributed by atoms with E-state index in [0.29, 0.717) is 22.4 Å². The summed E-state index contributed by atoms with van der Waals surface area (Å²) in [6.07, 6.45) is -6.29. The zero-order chi connectivity index (χ0) is 38.8. The number of carbonyl (C=O) groups excluding carboxylic acids is 3. The van der Waals surface area contributed by atoms with Crippen molar-refractivity contribution in [3.63, 3.8) is 0 Å². The smallest absolute Gasteiger partial charge is 0.255 e. The van der Waals surface area contributed by atoms with E-state index in [1.54, 1.807) is 63.4 Å². The van der Waals surface area contributed by atoms with Crippen molar-refractivity contribution in [1.29, 1.82) is 0 Å². The molecule has 2 aromatic rings. The molecule has 2 aromatic carbocycles. The van der Waals surface area contributed by atoms with Gasteiger partial charge in [-0.2, -0.15) is 0 Å². The highest BCUT2D eigenvalue weighted by Crippen LogP contribution is 2.54. The molecule has 1 aliphatic heterocycles. The first-order chi connectivity index (χ1) is 24.9. The van der Waals surface area contributed by atoms with Gasteiger partial charge in [0.25, 0.3) is 5.91 Å². The second-order valence-electron chi connectivity index (χ2n) is 14.7. The number of carbonyl (C=O) groups is 3. The van der Waals surface area contributed by atoms with E-state index >= 15 is 0 Å². The number of aliphatic hydroxyl groups is 7. The molecule has 0 saturated carbocycles. The second kappa shape index (κ2) is 14.0. The van der Waals surface area contributed by atoms with E-state index in [9.17, 15) is 55.2 Å². The van der Waals surface area contributed by atoms with Crippen molar-refractivity contribution < 1.29 is 60.0 Å². The van der Waals surface area contributed by atoms with Gasteiger partial charge in [-0.1, -0.05) is 24.3 Å². The van der Waals surface area contributed by atoms with Crippen molar-refractivity contribution in [3.8, 4) is 5.75 Å². The van der Waals surface area contributed by atoms with Gasteiger partial charge in [0, 0.05) is 44.2 Å². The first kappa shape index (κ1) is 38.2. The maximum Gasteiger partial charge on any atom is 0.255 e. The van der Waals surface area contributed by atoms with Gasteiger partial charge in [0.2, 0.25) is 5.78 Å². The lowest BCUT2D eigenvalue weighted by Crippen LogP contribution is -2.63. The molecule has 0 unspecified atom stereocenters. The Hall–Kier alpha value is -4.55. The van der Waals surface area contributed by atoms with Gasteiger partial charge in [-0.25, -0.2) is 0 Å². The number of phenols is 1. The van der Waals surface area contributed by atoms with E-state index in [1.807, 2.05) is 0 Å². The molecule has 1 amide bonds. The second-order valence-corrected chi connectivity index (χ2v) is 14.7. The summed E-state index contributed by atoms with van der Waals surface area (Å²) in [6, 6.07) is 7.69. The number of nitrogens with zero attached hydrogens (tertiary/aromatic N) is 2. The summed E-state index contributed by atoms with van der Waals surface area (Å²) < 4.78 is 5.71. The minimum Gasteiger partial charge on any atom is -0.510 e. The molecular formula is C37H46N4O12. The predicted octanol–water partition coefficient (Wildman–Crippen LogP) is -0.816. The molecule has 16 heteroatoms.